The average molecular weight is 394 g/mol. The van der Waals surface area contributed by atoms with Crippen LogP contribution in [0.4, 0.5) is 0 Å². The molecule has 0 aliphatic heterocycles. The summed E-state index contributed by atoms with van der Waals surface area (Å²) in [6.45, 7) is 1.73. The maximum atomic E-state index is 12.6. The van der Waals surface area contributed by atoms with Gasteiger partial charge in [0, 0.05) is 45.9 Å². The fourth-order valence-corrected chi connectivity index (χ4v) is 3.56. The van der Waals surface area contributed by atoms with Crippen molar-refractivity contribution in [3.05, 3.63) is 22.7 Å². The number of benzene rings is 1. The number of rotatable bonds is 10. The van der Waals surface area contributed by atoms with Gasteiger partial charge in [0.1, 0.15) is 4.90 Å². The van der Waals surface area contributed by atoms with E-state index in [1.165, 1.54) is 24.1 Å². The largest absolute Gasteiger partial charge is 0.494 e. The number of ether oxygens (including phenoxy) is 2. The monoisotopic (exact) mass is 393 g/mol. The summed E-state index contributed by atoms with van der Waals surface area (Å²) in [5.41, 5.74) is 0.0820. The Labute approximate surface area is 153 Å². The molecule has 0 fully saturated rings. The normalized spacial score (nSPS) is 11.4. The van der Waals surface area contributed by atoms with Gasteiger partial charge in [-0.05, 0) is 12.1 Å². The predicted octanol–water partition coefficient (Wildman–Crippen LogP) is 0.565. The van der Waals surface area contributed by atoms with Crippen LogP contribution in [0.3, 0.4) is 0 Å². The van der Waals surface area contributed by atoms with E-state index < -0.39 is 15.9 Å². The SMILES string of the molecule is COCCNCCNS(=O)(=O)c1cc(Cl)cc(C(=O)N(C)C)c1OC. The molecule has 8 nitrogen and oxygen atoms in total. The first kappa shape index (κ1) is 21.7. The van der Waals surface area contributed by atoms with E-state index >= 15 is 0 Å². The summed E-state index contributed by atoms with van der Waals surface area (Å²) in [7, 11) is 2.10. The van der Waals surface area contributed by atoms with Crippen molar-refractivity contribution in [1.82, 2.24) is 14.9 Å². The third kappa shape index (κ3) is 6.12. The molecule has 1 aromatic rings. The van der Waals surface area contributed by atoms with Crippen LogP contribution < -0.4 is 14.8 Å². The fraction of sp³-hybridized carbons (Fsp3) is 0.533. The lowest BCUT2D eigenvalue weighted by Crippen LogP contribution is -2.33. The second-order valence-corrected chi connectivity index (χ2v) is 7.50. The first-order chi connectivity index (χ1) is 11.7. The van der Waals surface area contributed by atoms with E-state index in [4.69, 9.17) is 21.1 Å². The minimum absolute atomic E-state index is 0.0389. The van der Waals surface area contributed by atoms with Gasteiger partial charge in [-0.1, -0.05) is 11.6 Å². The second kappa shape index (κ2) is 9.93. The molecule has 0 radical (unpaired) electrons. The lowest BCUT2D eigenvalue weighted by atomic mass is 10.2. The highest BCUT2D eigenvalue weighted by molar-refractivity contribution is 7.89. The van der Waals surface area contributed by atoms with Gasteiger partial charge in [0.2, 0.25) is 10.0 Å². The lowest BCUT2D eigenvalue weighted by Gasteiger charge is -2.17. The maximum absolute atomic E-state index is 12.6. The molecule has 1 amide bonds. The van der Waals surface area contributed by atoms with Crippen molar-refractivity contribution in [3.8, 4) is 5.75 Å². The van der Waals surface area contributed by atoms with Crippen LogP contribution in [0.15, 0.2) is 17.0 Å². The van der Waals surface area contributed by atoms with E-state index in [2.05, 4.69) is 10.0 Å². The summed E-state index contributed by atoms with van der Waals surface area (Å²) < 4.78 is 37.7. The molecular weight excluding hydrogens is 370 g/mol. The summed E-state index contributed by atoms with van der Waals surface area (Å²) >= 11 is 6.01. The number of carbonyl (C=O) groups is 1. The topological polar surface area (TPSA) is 97.0 Å². The molecule has 0 spiro atoms. The molecule has 0 aliphatic rings. The van der Waals surface area contributed by atoms with Gasteiger partial charge < -0.3 is 19.7 Å². The molecule has 0 atom stereocenters. The molecule has 0 aromatic heterocycles. The van der Waals surface area contributed by atoms with Crippen LogP contribution in [0.2, 0.25) is 5.02 Å². The third-order valence-corrected chi connectivity index (χ3v) is 4.91. The van der Waals surface area contributed by atoms with Crippen molar-refractivity contribution >= 4 is 27.5 Å². The number of nitrogens with one attached hydrogen (secondary N) is 2. The minimum Gasteiger partial charge on any atom is -0.494 e. The molecule has 142 valence electrons. The predicted molar refractivity (Wildman–Crippen MR) is 96.0 cm³/mol. The number of methoxy groups -OCH3 is 2. The van der Waals surface area contributed by atoms with E-state index in [9.17, 15) is 13.2 Å². The molecule has 0 saturated heterocycles. The summed E-state index contributed by atoms with van der Waals surface area (Å²) in [6.07, 6.45) is 0. The van der Waals surface area contributed by atoms with Crippen LogP contribution in [-0.4, -0.2) is 73.8 Å². The van der Waals surface area contributed by atoms with Crippen LogP contribution in [0.25, 0.3) is 0 Å². The Morgan fingerprint density at radius 2 is 1.88 bits per heavy atom. The van der Waals surface area contributed by atoms with Gasteiger partial charge in [-0.15, -0.1) is 0 Å². The lowest BCUT2D eigenvalue weighted by molar-refractivity contribution is 0.0824. The highest BCUT2D eigenvalue weighted by Crippen LogP contribution is 2.32. The Morgan fingerprint density at radius 1 is 1.20 bits per heavy atom. The molecule has 0 heterocycles. The van der Waals surface area contributed by atoms with Crippen LogP contribution in [0, 0.1) is 0 Å². The standard InChI is InChI=1S/C15H24ClN3O5S/c1-19(2)15(20)12-9-11(16)10-13(14(12)24-4)25(21,22)18-6-5-17-7-8-23-3/h9-10,17-18H,5-8H2,1-4H3. The van der Waals surface area contributed by atoms with Crippen LogP contribution in [0.5, 0.6) is 5.75 Å². The van der Waals surface area contributed by atoms with Gasteiger partial charge in [-0.2, -0.15) is 0 Å². The van der Waals surface area contributed by atoms with Gasteiger partial charge >= 0.3 is 0 Å². The van der Waals surface area contributed by atoms with Gasteiger partial charge in [0.15, 0.2) is 5.75 Å². The molecule has 1 aromatic carbocycles. The Balaban J connectivity index is 3.04. The van der Waals surface area contributed by atoms with Crippen molar-refractivity contribution in [2.45, 2.75) is 4.90 Å². The zero-order valence-electron chi connectivity index (χ0n) is 14.8. The Hall–Kier alpha value is -1.39. The molecule has 10 heteroatoms. The van der Waals surface area contributed by atoms with Crippen molar-refractivity contribution in [2.24, 2.45) is 0 Å². The first-order valence-electron chi connectivity index (χ1n) is 7.53. The highest BCUT2D eigenvalue weighted by Gasteiger charge is 2.26. The number of hydrogen-bond donors (Lipinski definition) is 2. The molecular formula is C15H24ClN3O5S. The van der Waals surface area contributed by atoms with E-state index in [0.29, 0.717) is 19.7 Å². The van der Waals surface area contributed by atoms with Crippen molar-refractivity contribution in [1.29, 1.82) is 0 Å². The molecule has 0 aliphatic carbocycles. The number of nitrogens with zero attached hydrogens (tertiary/aromatic N) is 1. The minimum atomic E-state index is -3.90. The van der Waals surface area contributed by atoms with Crippen molar-refractivity contribution < 1.29 is 22.7 Å². The van der Waals surface area contributed by atoms with Crippen LogP contribution in [0.1, 0.15) is 10.4 Å². The Kier molecular flexibility index (Phi) is 8.60. The Bertz CT molecular complexity index is 695. The summed E-state index contributed by atoms with van der Waals surface area (Å²) in [4.78, 5) is 13.4. The number of halogens is 1. The number of hydrogen-bond acceptors (Lipinski definition) is 6. The zero-order chi connectivity index (χ0) is 19.0. The molecule has 1 rings (SSSR count). The summed E-state index contributed by atoms with van der Waals surface area (Å²) in [6, 6.07) is 2.64. The van der Waals surface area contributed by atoms with Crippen LogP contribution >= 0.6 is 11.6 Å². The third-order valence-electron chi connectivity index (χ3n) is 3.23. The summed E-state index contributed by atoms with van der Waals surface area (Å²) in [5.74, 6) is -0.444. The number of sulfonamides is 1. The molecule has 2 N–H and O–H groups in total. The molecule has 0 unspecified atom stereocenters. The van der Waals surface area contributed by atoms with E-state index in [1.54, 1.807) is 21.2 Å². The fourth-order valence-electron chi connectivity index (χ4n) is 2.03. The highest BCUT2D eigenvalue weighted by atomic mass is 35.5. The van der Waals surface area contributed by atoms with Gasteiger partial charge in [-0.3, -0.25) is 4.79 Å². The van der Waals surface area contributed by atoms with Gasteiger partial charge in [-0.25, -0.2) is 13.1 Å². The second-order valence-electron chi connectivity index (χ2n) is 5.32. The smallest absolute Gasteiger partial charge is 0.257 e. The van der Waals surface area contributed by atoms with Gasteiger partial charge in [0.05, 0.1) is 19.3 Å². The van der Waals surface area contributed by atoms with Gasteiger partial charge in [0.25, 0.3) is 5.91 Å². The van der Waals surface area contributed by atoms with Crippen LogP contribution in [-0.2, 0) is 14.8 Å². The van der Waals surface area contributed by atoms with Crippen molar-refractivity contribution in [2.75, 3.05) is 54.6 Å². The van der Waals surface area contributed by atoms with E-state index in [-0.39, 0.29) is 27.8 Å². The maximum Gasteiger partial charge on any atom is 0.257 e. The molecule has 0 saturated carbocycles. The quantitative estimate of drug-likeness (QED) is 0.564. The van der Waals surface area contributed by atoms with Crippen molar-refractivity contribution in [3.63, 3.8) is 0 Å². The number of carbonyl (C=O) groups excluding carboxylic acids is 1. The molecule has 25 heavy (non-hydrogen) atoms. The average Bonchev–Trinajstić information content (AvgIpc) is 2.56. The molecule has 0 bridgehead atoms. The van der Waals surface area contributed by atoms with E-state index in [0.717, 1.165) is 0 Å². The zero-order valence-corrected chi connectivity index (χ0v) is 16.3. The summed E-state index contributed by atoms with van der Waals surface area (Å²) in [5, 5.41) is 3.15. The first-order valence-corrected chi connectivity index (χ1v) is 9.39. The van der Waals surface area contributed by atoms with E-state index in [1.807, 2.05) is 0 Å². The Morgan fingerprint density at radius 3 is 2.44 bits per heavy atom. The number of amides is 1.